The summed E-state index contributed by atoms with van der Waals surface area (Å²) in [6, 6.07) is 6.02. The molecule has 0 aliphatic carbocycles. The first kappa shape index (κ1) is 23.9. The first-order valence-corrected chi connectivity index (χ1v) is 9.54. The van der Waals surface area contributed by atoms with Crippen molar-refractivity contribution in [1.82, 2.24) is 4.98 Å². The summed E-state index contributed by atoms with van der Waals surface area (Å²) in [4.78, 5) is 18.5. The Hall–Kier alpha value is -2.79. The van der Waals surface area contributed by atoms with Crippen molar-refractivity contribution < 1.29 is 36.2 Å². The molecule has 5 nitrogen and oxygen atoms in total. The lowest BCUT2D eigenvalue weighted by molar-refractivity contribution is -0.376. The van der Waals surface area contributed by atoms with Crippen molar-refractivity contribution in [2.45, 2.75) is 24.4 Å². The third kappa shape index (κ3) is 4.53. The highest BCUT2D eigenvalue weighted by Crippen LogP contribution is 2.50. The number of carbonyl (C=O) groups is 1. The summed E-state index contributed by atoms with van der Waals surface area (Å²) in [5.41, 5.74) is -6.07. The van der Waals surface area contributed by atoms with E-state index in [4.69, 9.17) is 11.6 Å². The largest absolute Gasteiger partial charge is 0.430 e. The van der Waals surface area contributed by atoms with Gasteiger partial charge in [-0.2, -0.15) is 26.3 Å². The van der Waals surface area contributed by atoms with Crippen LogP contribution in [0.2, 0.25) is 5.02 Å². The lowest BCUT2D eigenvalue weighted by Gasteiger charge is -2.32. The summed E-state index contributed by atoms with van der Waals surface area (Å²) in [6.45, 7) is 0.766. The first-order valence-electron chi connectivity index (χ1n) is 9.17. The molecule has 0 bridgehead atoms. The first-order chi connectivity index (χ1) is 14.8. The number of aliphatic hydroxyl groups is 1. The Balaban J connectivity index is 1.71. The maximum atomic E-state index is 13.0. The lowest BCUT2D eigenvalue weighted by Crippen LogP contribution is -2.53. The summed E-state index contributed by atoms with van der Waals surface area (Å²) >= 11 is 6.10. The fraction of sp³-hybridized carbons (Fsp3) is 0.300. The standard InChI is InChI=1S/C20H16ClF6N3O2/c21-15-2-1-9-28-16(15)30-10-7-12(8-11-30)17(31)29-14-5-3-13(4-6-14)18(32,19(22,23)24)20(25,26)27/h1-7,9,32H,8,10-11H2,(H,29,31). The van der Waals surface area contributed by atoms with Gasteiger partial charge in [-0.1, -0.05) is 29.8 Å². The van der Waals surface area contributed by atoms with E-state index < -0.39 is 29.4 Å². The molecule has 1 amide bonds. The number of benzene rings is 1. The topological polar surface area (TPSA) is 65.5 Å². The van der Waals surface area contributed by atoms with E-state index in [9.17, 15) is 36.2 Å². The zero-order valence-electron chi connectivity index (χ0n) is 16.1. The average Bonchev–Trinajstić information content (AvgIpc) is 2.72. The summed E-state index contributed by atoms with van der Waals surface area (Å²) in [7, 11) is 0. The number of pyridine rings is 1. The monoisotopic (exact) mass is 479 g/mol. The quantitative estimate of drug-likeness (QED) is 0.617. The third-order valence-corrected chi connectivity index (χ3v) is 5.22. The summed E-state index contributed by atoms with van der Waals surface area (Å²) in [5.74, 6) is 0.00806. The number of nitrogens with one attached hydrogen (secondary N) is 1. The fourth-order valence-corrected chi connectivity index (χ4v) is 3.41. The second kappa shape index (κ2) is 8.62. The molecule has 1 aliphatic heterocycles. The number of hydrogen-bond acceptors (Lipinski definition) is 4. The van der Waals surface area contributed by atoms with Crippen LogP contribution in [0.3, 0.4) is 0 Å². The van der Waals surface area contributed by atoms with Gasteiger partial charge in [-0.15, -0.1) is 0 Å². The van der Waals surface area contributed by atoms with Crippen LogP contribution in [-0.2, 0) is 10.4 Å². The van der Waals surface area contributed by atoms with Crippen LogP contribution in [0.5, 0.6) is 0 Å². The number of rotatable bonds is 4. The number of halogens is 7. The van der Waals surface area contributed by atoms with Crippen molar-refractivity contribution in [3.8, 4) is 0 Å². The van der Waals surface area contributed by atoms with Gasteiger partial charge in [0, 0.05) is 36.1 Å². The van der Waals surface area contributed by atoms with Crippen molar-refractivity contribution in [3.63, 3.8) is 0 Å². The van der Waals surface area contributed by atoms with Crippen LogP contribution in [0.25, 0.3) is 0 Å². The summed E-state index contributed by atoms with van der Waals surface area (Å²) in [6.07, 6.45) is -8.44. The Bertz CT molecular complexity index is 1010. The molecular formula is C20H16ClF6N3O2. The number of nitrogens with zero attached hydrogens (tertiary/aromatic N) is 2. The van der Waals surface area contributed by atoms with Gasteiger partial charge in [0.2, 0.25) is 0 Å². The maximum Gasteiger partial charge on any atom is 0.430 e. The van der Waals surface area contributed by atoms with Crippen molar-refractivity contribution in [3.05, 3.63) is 64.8 Å². The van der Waals surface area contributed by atoms with Gasteiger partial charge in [-0.05, 0) is 30.7 Å². The van der Waals surface area contributed by atoms with E-state index in [1.54, 1.807) is 24.4 Å². The second-order valence-electron chi connectivity index (χ2n) is 6.97. The molecule has 172 valence electrons. The van der Waals surface area contributed by atoms with E-state index in [0.717, 1.165) is 12.1 Å². The molecule has 2 N–H and O–H groups in total. The highest BCUT2D eigenvalue weighted by Gasteiger charge is 2.71. The highest BCUT2D eigenvalue weighted by atomic mass is 35.5. The Morgan fingerprint density at radius 2 is 1.69 bits per heavy atom. The lowest BCUT2D eigenvalue weighted by atomic mass is 9.92. The smallest absolute Gasteiger partial charge is 0.369 e. The van der Waals surface area contributed by atoms with Crippen LogP contribution in [-0.4, -0.2) is 41.4 Å². The number of alkyl halides is 6. The van der Waals surface area contributed by atoms with E-state index >= 15 is 0 Å². The van der Waals surface area contributed by atoms with Crippen LogP contribution in [0, 0.1) is 0 Å². The zero-order valence-corrected chi connectivity index (χ0v) is 16.9. The van der Waals surface area contributed by atoms with Crippen molar-refractivity contribution in [2.24, 2.45) is 0 Å². The number of anilines is 2. The van der Waals surface area contributed by atoms with E-state index in [0.29, 0.717) is 48.1 Å². The van der Waals surface area contributed by atoms with Gasteiger partial charge in [0.15, 0.2) is 0 Å². The van der Waals surface area contributed by atoms with Gasteiger partial charge in [-0.25, -0.2) is 4.98 Å². The minimum absolute atomic E-state index is 0.0263. The number of carbonyl (C=O) groups excluding carboxylic acids is 1. The van der Waals surface area contributed by atoms with Crippen LogP contribution >= 0.6 is 11.6 Å². The van der Waals surface area contributed by atoms with Crippen LogP contribution in [0.15, 0.2) is 54.2 Å². The molecule has 0 saturated heterocycles. The molecule has 12 heteroatoms. The minimum Gasteiger partial charge on any atom is -0.369 e. The molecule has 0 atom stereocenters. The molecule has 32 heavy (non-hydrogen) atoms. The molecule has 3 rings (SSSR count). The Kier molecular flexibility index (Phi) is 6.43. The van der Waals surface area contributed by atoms with Gasteiger partial charge in [0.05, 0.1) is 5.02 Å². The SMILES string of the molecule is O=C(Nc1ccc(C(O)(C(F)(F)F)C(F)(F)F)cc1)C1=CCN(c2ncccc2Cl)CC1. The molecule has 2 aromatic rings. The van der Waals surface area contributed by atoms with Crippen molar-refractivity contribution >= 4 is 29.0 Å². The zero-order chi connectivity index (χ0) is 23.7. The van der Waals surface area contributed by atoms with Gasteiger partial charge in [0.25, 0.3) is 11.5 Å². The number of amides is 1. The summed E-state index contributed by atoms with van der Waals surface area (Å²) in [5, 5.41) is 12.3. The van der Waals surface area contributed by atoms with Gasteiger partial charge in [0.1, 0.15) is 5.82 Å². The van der Waals surface area contributed by atoms with Gasteiger partial charge < -0.3 is 15.3 Å². The third-order valence-electron chi connectivity index (χ3n) is 4.92. The molecule has 1 aliphatic rings. The van der Waals surface area contributed by atoms with E-state index in [2.05, 4.69) is 10.3 Å². The Labute approximate surface area is 183 Å². The second-order valence-corrected chi connectivity index (χ2v) is 7.38. The molecule has 0 saturated carbocycles. The summed E-state index contributed by atoms with van der Waals surface area (Å²) < 4.78 is 77.7. The molecular weight excluding hydrogens is 464 g/mol. The van der Waals surface area contributed by atoms with Gasteiger partial charge in [-0.3, -0.25) is 4.79 Å². The molecule has 1 aromatic heterocycles. The molecule has 0 spiro atoms. The molecule has 1 aromatic carbocycles. The van der Waals surface area contributed by atoms with Crippen LogP contribution in [0.1, 0.15) is 12.0 Å². The van der Waals surface area contributed by atoms with E-state index in [-0.39, 0.29) is 5.69 Å². The molecule has 2 heterocycles. The average molecular weight is 480 g/mol. The van der Waals surface area contributed by atoms with Crippen LogP contribution in [0.4, 0.5) is 37.8 Å². The highest BCUT2D eigenvalue weighted by molar-refractivity contribution is 6.32. The Morgan fingerprint density at radius 1 is 1.06 bits per heavy atom. The number of aromatic nitrogens is 1. The van der Waals surface area contributed by atoms with Gasteiger partial charge >= 0.3 is 12.4 Å². The fourth-order valence-electron chi connectivity index (χ4n) is 3.17. The number of hydrogen-bond donors (Lipinski definition) is 2. The predicted molar refractivity (Wildman–Crippen MR) is 105 cm³/mol. The minimum atomic E-state index is -5.98. The molecule has 0 radical (unpaired) electrons. The van der Waals surface area contributed by atoms with Crippen molar-refractivity contribution in [2.75, 3.05) is 23.3 Å². The van der Waals surface area contributed by atoms with Crippen molar-refractivity contribution in [1.29, 1.82) is 0 Å². The predicted octanol–water partition coefficient (Wildman–Crippen LogP) is 4.82. The normalized spacial score (nSPS) is 15.4. The van der Waals surface area contributed by atoms with Crippen LogP contribution < -0.4 is 10.2 Å². The van der Waals surface area contributed by atoms with E-state index in [1.165, 1.54) is 0 Å². The van der Waals surface area contributed by atoms with E-state index in [1.807, 2.05) is 4.90 Å². The Morgan fingerprint density at radius 3 is 2.19 bits per heavy atom. The molecule has 0 unspecified atom stereocenters. The maximum absolute atomic E-state index is 13.0. The molecule has 0 fully saturated rings.